The largest absolute Gasteiger partial charge is 0.481 e. The highest BCUT2D eigenvalue weighted by atomic mass is 16.4. The molecule has 1 rings (SSSR count). The monoisotopic (exact) mass is 270 g/mol. The first kappa shape index (κ1) is 16.0. The molecule has 0 aromatic rings. The standard InChI is InChI=1S/C14H26N2O3/c1-11(2)16(12-6-4-5-7-12)13(17)10-15(3)9-8-14(18)19/h11-12H,4-10H2,1-3H3,(H,18,19). The Morgan fingerprint density at radius 3 is 2.32 bits per heavy atom. The van der Waals surface area contributed by atoms with Gasteiger partial charge in [0.15, 0.2) is 0 Å². The van der Waals surface area contributed by atoms with Gasteiger partial charge in [0.1, 0.15) is 0 Å². The summed E-state index contributed by atoms with van der Waals surface area (Å²) in [6.45, 7) is 4.82. The van der Waals surface area contributed by atoms with Crippen molar-refractivity contribution in [2.24, 2.45) is 0 Å². The molecule has 5 heteroatoms. The molecule has 110 valence electrons. The van der Waals surface area contributed by atoms with Gasteiger partial charge in [-0.25, -0.2) is 0 Å². The van der Waals surface area contributed by atoms with E-state index in [1.807, 2.05) is 18.7 Å². The van der Waals surface area contributed by atoms with Crippen molar-refractivity contribution in [1.29, 1.82) is 0 Å². The molecule has 0 atom stereocenters. The molecule has 0 saturated heterocycles. The minimum Gasteiger partial charge on any atom is -0.481 e. The van der Waals surface area contributed by atoms with Gasteiger partial charge in [-0.05, 0) is 33.7 Å². The summed E-state index contributed by atoms with van der Waals surface area (Å²) in [6, 6.07) is 0.587. The summed E-state index contributed by atoms with van der Waals surface area (Å²) in [4.78, 5) is 26.7. The SMILES string of the molecule is CC(C)N(C(=O)CN(C)CCC(=O)O)C1CCCC1. The van der Waals surface area contributed by atoms with Crippen molar-refractivity contribution < 1.29 is 14.7 Å². The van der Waals surface area contributed by atoms with E-state index in [0.717, 1.165) is 12.8 Å². The van der Waals surface area contributed by atoms with Crippen LogP contribution in [0.5, 0.6) is 0 Å². The number of rotatable bonds is 7. The third-order valence-corrected chi connectivity index (χ3v) is 3.67. The number of carbonyl (C=O) groups excluding carboxylic acids is 1. The molecule has 0 aromatic carbocycles. The van der Waals surface area contributed by atoms with Gasteiger partial charge in [-0.2, -0.15) is 0 Å². The zero-order chi connectivity index (χ0) is 14.4. The summed E-state index contributed by atoms with van der Waals surface area (Å²) < 4.78 is 0. The van der Waals surface area contributed by atoms with E-state index in [4.69, 9.17) is 5.11 Å². The lowest BCUT2D eigenvalue weighted by Crippen LogP contribution is -2.47. The average Bonchev–Trinajstić information content (AvgIpc) is 2.79. The Hall–Kier alpha value is -1.10. The fourth-order valence-electron chi connectivity index (χ4n) is 2.77. The number of likely N-dealkylation sites (N-methyl/N-ethyl adjacent to an activating group) is 1. The second-order valence-corrected chi connectivity index (χ2v) is 5.71. The van der Waals surface area contributed by atoms with Gasteiger partial charge in [-0.15, -0.1) is 0 Å². The highest BCUT2D eigenvalue weighted by Crippen LogP contribution is 2.25. The van der Waals surface area contributed by atoms with E-state index in [2.05, 4.69) is 0 Å². The molecule has 0 radical (unpaired) electrons. The number of hydrogen-bond donors (Lipinski definition) is 1. The molecule has 1 fully saturated rings. The average molecular weight is 270 g/mol. The quantitative estimate of drug-likeness (QED) is 0.763. The van der Waals surface area contributed by atoms with Crippen LogP contribution in [0, 0.1) is 0 Å². The summed E-state index contributed by atoms with van der Waals surface area (Å²) in [7, 11) is 1.80. The summed E-state index contributed by atoms with van der Waals surface area (Å²) in [5.74, 6) is -0.703. The number of carbonyl (C=O) groups is 2. The molecule has 0 spiro atoms. The zero-order valence-corrected chi connectivity index (χ0v) is 12.3. The Balaban J connectivity index is 2.49. The van der Waals surface area contributed by atoms with E-state index in [-0.39, 0.29) is 18.4 Å². The highest BCUT2D eigenvalue weighted by Gasteiger charge is 2.28. The molecular weight excluding hydrogens is 244 g/mol. The first-order valence-corrected chi connectivity index (χ1v) is 7.13. The fourth-order valence-corrected chi connectivity index (χ4v) is 2.77. The fraction of sp³-hybridized carbons (Fsp3) is 0.857. The maximum atomic E-state index is 12.4. The smallest absolute Gasteiger partial charge is 0.304 e. The number of carboxylic acid groups (broad SMARTS) is 1. The van der Waals surface area contributed by atoms with Crippen LogP contribution in [0.1, 0.15) is 46.0 Å². The van der Waals surface area contributed by atoms with Crippen molar-refractivity contribution in [2.45, 2.75) is 58.0 Å². The minimum atomic E-state index is -0.823. The van der Waals surface area contributed by atoms with E-state index in [1.54, 1.807) is 11.9 Å². The van der Waals surface area contributed by atoms with Crippen molar-refractivity contribution in [3.05, 3.63) is 0 Å². The molecule has 1 N–H and O–H groups in total. The molecular formula is C14H26N2O3. The Bertz CT molecular complexity index is 312. The van der Waals surface area contributed by atoms with Crippen molar-refractivity contribution in [3.63, 3.8) is 0 Å². The molecule has 0 aliphatic heterocycles. The van der Waals surface area contributed by atoms with Crippen LogP contribution in [-0.4, -0.2) is 59.0 Å². The molecule has 1 amide bonds. The number of amides is 1. The zero-order valence-electron chi connectivity index (χ0n) is 12.3. The topological polar surface area (TPSA) is 60.9 Å². The Labute approximate surface area is 115 Å². The van der Waals surface area contributed by atoms with Crippen molar-refractivity contribution in [3.8, 4) is 0 Å². The molecule has 1 saturated carbocycles. The second kappa shape index (κ2) is 7.48. The van der Waals surface area contributed by atoms with Crippen LogP contribution in [0.3, 0.4) is 0 Å². The lowest BCUT2D eigenvalue weighted by molar-refractivity contribution is -0.139. The third-order valence-electron chi connectivity index (χ3n) is 3.67. The summed E-state index contributed by atoms with van der Waals surface area (Å²) in [5.41, 5.74) is 0. The lowest BCUT2D eigenvalue weighted by Gasteiger charge is -2.34. The summed E-state index contributed by atoms with van der Waals surface area (Å²) in [6.07, 6.45) is 4.69. The van der Waals surface area contributed by atoms with Crippen molar-refractivity contribution >= 4 is 11.9 Å². The number of nitrogens with zero attached hydrogens (tertiary/aromatic N) is 2. The van der Waals surface area contributed by atoms with E-state index >= 15 is 0 Å². The van der Waals surface area contributed by atoms with E-state index in [0.29, 0.717) is 19.1 Å². The van der Waals surface area contributed by atoms with Gasteiger partial charge in [-0.3, -0.25) is 14.5 Å². The Morgan fingerprint density at radius 1 is 1.26 bits per heavy atom. The van der Waals surface area contributed by atoms with Gasteiger partial charge < -0.3 is 10.0 Å². The number of hydrogen-bond acceptors (Lipinski definition) is 3. The molecule has 0 aromatic heterocycles. The van der Waals surface area contributed by atoms with Gasteiger partial charge in [0.2, 0.25) is 5.91 Å². The predicted octanol–water partition coefficient (Wildman–Crippen LogP) is 1.57. The van der Waals surface area contributed by atoms with Crippen LogP contribution < -0.4 is 0 Å². The summed E-state index contributed by atoms with van der Waals surface area (Å²) in [5, 5.41) is 8.64. The second-order valence-electron chi connectivity index (χ2n) is 5.71. The molecule has 19 heavy (non-hydrogen) atoms. The van der Waals surface area contributed by atoms with Gasteiger partial charge in [0.25, 0.3) is 0 Å². The van der Waals surface area contributed by atoms with Crippen LogP contribution in [0.25, 0.3) is 0 Å². The summed E-state index contributed by atoms with van der Waals surface area (Å²) >= 11 is 0. The van der Waals surface area contributed by atoms with E-state index < -0.39 is 5.97 Å². The van der Waals surface area contributed by atoms with E-state index in [9.17, 15) is 9.59 Å². The number of carboxylic acids is 1. The van der Waals surface area contributed by atoms with Gasteiger partial charge in [0.05, 0.1) is 13.0 Å². The van der Waals surface area contributed by atoms with Gasteiger partial charge in [-0.1, -0.05) is 12.8 Å². The van der Waals surface area contributed by atoms with Crippen LogP contribution >= 0.6 is 0 Å². The molecule has 1 aliphatic carbocycles. The lowest BCUT2D eigenvalue weighted by atomic mass is 10.1. The van der Waals surface area contributed by atoms with Gasteiger partial charge >= 0.3 is 5.97 Å². The molecule has 0 heterocycles. The Morgan fingerprint density at radius 2 is 1.84 bits per heavy atom. The molecule has 0 bridgehead atoms. The van der Waals surface area contributed by atoms with Crippen LogP contribution in [-0.2, 0) is 9.59 Å². The van der Waals surface area contributed by atoms with Crippen molar-refractivity contribution in [1.82, 2.24) is 9.80 Å². The van der Waals surface area contributed by atoms with Crippen LogP contribution in [0.2, 0.25) is 0 Å². The van der Waals surface area contributed by atoms with Gasteiger partial charge in [0, 0.05) is 18.6 Å². The van der Waals surface area contributed by atoms with Crippen molar-refractivity contribution in [2.75, 3.05) is 20.1 Å². The van der Waals surface area contributed by atoms with Crippen LogP contribution in [0.15, 0.2) is 0 Å². The molecule has 1 aliphatic rings. The molecule has 5 nitrogen and oxygen atoms in total. The Kier molecular flexibility index (Phi) is 6.28. The first-order chi connectivity index (χ1) is 8.91. The third kappa shape index (κ3) is 5.19. The maximum Gasteiger partial charge on any atom is 0.304 e. The molecule has 0 unspecified atom stereocenters. The first-order valence-electron chi connectivity index (χ1n) is 7.13. The normalized spacial score (nSPS) is 16.3. The highest BCUT2D eigenvalue weighted by molar-refractivity contribution is 5.79. The van der Waals surface area contributed by atoms with E-state index in [1.165, 1.54) is 12.8 Å². The number of aliphatic carboxylic acids is 1. The minimum absolute atomic E-state index is 0.0783. The van der Waals surface area contributed by atoms with Crippen LogP contribution in [0.4, 0.5) is 0 Å². The maximum absolute atomic E-state index is 12.4. The predicted molar refractivity (Wildman–Crippen MR) is 74.0 cm³/mol.